The summed E-state index contributed by atoms with van der Waals surface area (Å²) in [6.07, 6.45) is 1.32. The number of nitrogens with one attached hydrogen (secondary N) is 2. The minimum absolute atomic E-state index is 0.0374. The number of hydrogen-bond donors (Lipinski definition) is 3. The van der Waals surface area contributed by atoms with E-state index in [1.54, 1.807) is 6.92 Å². The lowest BCUT2D eigenvalue weighted by Crippen LogP contribution is -2.60. The molecule has 0 aliphatic carbocycles. The fourth-order valence-electron chi connectivity index (χ4n) is 1.79. The maximum Gasteiger partial charge on any atom is 0.288 e. The van der Waals surface area contributed by atoms with E-state index in [-0.39, 0.29) is 11.4 Å². The van der Waals surface area contributed by atoms with Crippen molar-refractivity contribution in [3.8, 4) is 0 Å². The summed E-state index contributed by atoms with van der Waals surface area (Å²) in [7, 11) is 5.32. The maximum atomic E-state index is 11.1. The summed E-state index contributed by atoms with van der Waals surface area (Å²) in [5.74, 6) is 0.324. The number of allylic oxidation sites excluding steroid dienone is 1. The van der Waals surface area contributed by atoms with Crippen LogP contribution in [-0.2, 0) is 4.74 Å². The standard InChI is InChI=1S/C11H21N5O3/c1-11(13-5-6-15(2)3)9(16(17)18)7-8(12)10(14-11)19-4/h7,13-14H,5-6,12H2,1-4H3. The summed E-state index contributed by atoms with van der Waals surface area (Å²) in [5.41, 5.74) is 4.84. The molecule has 0 saturated heterocycles. The molecule has 8 nitrogen and oxygen atoms in total. The van der Waals surface area contributed by atoms with Crippen LogP contribution >= 0.6 is 0 Å². The van der Waals surface area contributed by atoms with Gasteiger partial charge in [-0.05, 0) is 21.0 Å². The molecule has 4 N–H and O–H groups in total. The van der Waals surface area contributed by atoms with Crippen LogP contribution in [0.25, 0.3) is 0 Å². The van der Waals surface area contributed by atoms with Crippen LogP contribution < -0.4 is 16.4 Å². The minimum atomic E-state index is -1.02. The Bertz CT molecular complexity index is 419. The highest BCUT2D eigenvalue weighted by Crippen LogP contribution is 2.22. The van der Waals surface area contributed by atoms with Crippen molar-refractivity contribution in [1.82, 2.24) is 15.5 Å². The Morgan fingerprint density at radius 2 is 2.26 bits per heavy atom. The van der Waals surface area contributed by atoms with Crippen molar-refractivity contribution in [3.63, 3.8) is 0 Å². The molecule has 0 aromatic heterocycles. The van der Waals surface area contributed by atoms with Crippen LogP contribution in [0.3, 0.4) is 0 Å². The average molecular weight is 271 g/mol. The molecule has 1 atom stereocenters. The third-order valence-corrected chi connectivity index (χ3v) is 2.87. The molecule has 1 aliphatic heterocycles. The monoisotopic (exact) mass is 271 g/mol. The van der Waals surface area contributed by atoms with Crippen molar-refractivity contribution >= 4 is 0 Å². The zero-order chi connectivity index (χ0) is 14.6. The van der Waals surface area contributed by atoms with E-state index in [9.17, 15) is 10.1 Å². The van der Waals surface area contributed by atoms with E-state index in [0.717, 1.165) is 6.54 Å². The maximum absolute atomic E-state index is 11.1. The number of rotatable bonds is 6. The molecule has 1 unspecified atom stereocenters. The molecule has 8 heteroatoms. The molecule has 1 aliphatic rings. The first-order valence-electron chi connectivity index (χ1n) is 5.88. The number of nitrogens with zero attached hydrogens (tertiary/aromatic N) is 2. The van der Waals surface area contributed by atoms with E-state index in [1.807, 2.05) is 19.0 Å². The van der Waals surface area contributed by atoms with Crippen molar-refractivity contribution < 1.29 is 9.66 Å². The van der Waals surface area contributed by atoms with Crippen molar-refractivity contribution in [2.45, 2.75) is 12.6 Å². The zero-order valence-corrected chi connectivity index (χ0v) is 11.7. The predicted octanol–water partition coefficient (Wildman–Crippen LogP) is -0.608. The van der Waals surface area contributed by atoms with Gasteiger partial charge in [0.2, 0.25) is 5.88 Å². The van der Waals surface area contributed by atoms with E-state index in [1.165, 1.54) is 13.2 Å². The van der Waals surface area contributed by atoms with Crippen molar-refractivity contribution in [2.75, 3.05) is 34.3 Å². The molecule has 0 bridgehead atoms. The molecule has 0 radical (unpaired) electrons. The van der Waals surface area contributed by atoms with Gasteiger partial charge in [-0.2, -0.15) is 0 Å². The van der Waals surface area contributed by atoms with E-state index in [2.05, 4.69) is 10.6 Å². The summed E-state index contributed by atoms with van der Waals surface area (Å²) in [6.45, 7) is 3.02. The fraction of sp³-hybridized carbons (Fsp3) is 0.636. The minimum Gasteiger partial charge on any atom is -0.481 e. The van der Waals surface area contributed by atoms with E-state index in [0.29, 0.717) is 12.4 Å². The van der Waals surface area contributed by atoms with Gasteiger partial charge in [0, 0.05) is 19.2 Å². The largest absolute Gasteiger partial charge is 0.481 e. The van der Waals surface area contributed by atoms with Gasteiger partial charge in [-0.25, -0.2) is 0 Å². The normalized spacial score (nSPS) is 23.1. The Morgan fingerprint density at radius 1 is 1.63 bits per heavy atom. The quantitative estimate of drug-likeness (QED) is 0.437. The Balaban J connectivity index is 2.92. The number of nitrogens with two attached hydrogens (primary N) is 1. The smallest absolute Gasteiger partial charge is 0.288 e. The van der Waals surface area contributed by atoms with Gasteiger partial charge in [0.1, 0.15) is 0 Å². The second-order valence-electron chi connectivity index (χ2n) is 4.76. The number of ether oxygens (including phenoxy) is 1. The van der Waals surface area contributed by atoms with Crippen LogP contribution in [0, 0.1) is 10.1 Å². The summed E-state index contributed by atoms with van der Waals surface area (Å²) in [5, 5.41) is 17.2. The van der Waals surface area contributed by atoms with Crippen LogP contribution in [0.5, 0.6) is 0 Å². The zero-order valence-electron chi connectivity index (χ0n) is 11.7. The van der Waals surface area contributed by atoms with Crippen molar-refractivity contribution in [2.24, 2.45) is 5.73 Å². The number of methoxy groups -OCH3 is 1. The second kappa shape index (κ2) is 5.89. The van der Waals surface area contributed by atoms with E-state index < -0.39 is 10.6 Å². The third-order valence-electron chi connectivity index (χ3n) is 2.87. The molecule has 1 rings (SSSR count). The van der Waals surface area contributed by atoms with Crippen molar-refractivity contribution in [1.29, 1.82) is 0 Å². The third kappa shape index (κ3) is 3.58. The van der Waals surface area contributed by atoms with Gasteiger partial charge >= 0.3 is 0 Å². The molecule has 0 amide bonds. The van der Waals surface area contributed by atoms with Gasteiger partial charge in [0.15, 0.2) is 5.66 Å². The van der Waals surface area contributed by atoms with Crippen LogP contribution in [0.1, 0.15) is 6.92 Å². The van der Waals surface area contributed by atoms with Crippen LogP contribution in [0.4, 0.5) is 0 Å². The molecule has 0 fully saturated rings. The second-order valence-corrected chi connectivity index (χ2v) is 4.76. The molecule has 108 valence electrons. The molecule has 0 spiro atoms. The van der Waals surface area contributed by atoms with Gasteiger partial charge in [-0.3, -0.25) is 15.4 Å². The van der Waals surface area contributed by atoms with E-state index in [4.69, 9.17) is 10.5 Å². The summed E-state index contributed by atoms with van der Waals surface area (Å²) in [4.78, 5) is 12.7. The molecule has 0 saturated carbocycles. The van der Waals surface area contributed by atoms with Crippen LogP contribution in [-0.4, -0.2) is 49.8 Å². The highest BCUT2D eigenvalue weighted by atomic mass is 16.6. The molecular weight excluding hydrogens is 250 g/mol. The van der Waals surface area contributed by atoms with Gasteiger partial charge in [-0.1, -0.05) is 0 Å². The first-order valence-corrected chi connectivity index (χ1v) is 5.88. The number of likely N-dealkylation sites (N-methyl/N-ethyl adjacent to an activating group) is 1. The first-order chi connectivity index (χ1) is 8.80. The Hall–Kier alpha value is -1.80. The lowest BCUT2D eigenvalue weighted by atomic mass is 10.0. The number of nitro groups is 1. The highest BCUT2D eigenvalue weighted by molar-refractivity contribution is 5.31. The topological polar surface area (TPSA) is 106 Å². The Morgan fingerprint density at radius 3 is 2.74 bits per heavy atom. The molecule has 0 aromatic carbocycles. The lowest BCUT2D eigenvalue weighted by molar-refractivity contribution is -0.437. The van der Waals surface area contributed by atoms with Gasteiger partial charge in [-0.15, -0.1) is 0 Å². The number of hydrogen-bond acceptors (Lipinski definition) is 7. The highest BCUT2D eigenvalue weighted by Gasteiger charge is 2.42. The molecule has 0 aromatic rings. The Kier molecular flexibility index (Phi) is 4.73. The summed E-state index contributed by atoms with van der Waals surface area (Å²) >= 11 is 0. The fourth-order valence-corrected chi connectivity index (χ4v) is 1.79. The predicted molar refractivity (Wildman–Crippen MR) is 71.4 cm³/mol. The Labute approximate surface area is 112 Å². The van der Waals surface area contributed by atoms with Gasteiger partial charge in [0.05, 0.1) is 17.7 Å². The lowest BCUT2D eigenvalue weighted by Gasteiger charge is -2.33. The number of dihydropyridines is 1. The summed E-state index contributed by atoms with van der Waals surface area (Å²) < 4.78 is 5.08. The first kappa shape index (κ1) is 15.3. The average Bonchev–Trinajstić information content (AvgIpc) is 2.31. The molecule has 19 heavy (non-hydrogen) atoms. The SMILES string of the molecule is COC1=C(N)C=C([N+](=O)[O-])C(C)(NCCN(C)C)N1. The van der Waals surface area contributed by atoms with Crippen molar-refractivity contribution in [3.05, 3.63) is 33.5 Å². The van der Waals surface area contributed by atoms with Gasteiger partial charge < -0.3 is 20.7 Å². The van der Waals surface area contributed by atoms with E-state index >= 15 is 0 Å². The van der Waals surface area contributed by atoms with Gasteiger partial charge in [0.25, 0.3) is 5.70 Å². The van der Waals surface area contributed by atoms with Crippen LogP contribution in [0.2, 0.25) is 0 Å². The molecule has 1 heterocycles. The van der Waals surface area contributed by atoms with Crippen LogP contribution in [0.15, 0.2) is 23.4 Å². The summed E-state index contributed by atoms with van der Waals surface area (Å²) in [6, 6.07) is 0. The molecular formula is C11H21N5O3.